The molecule has 0 heterocycles. The first-order valence-electron chi connectivity index (χ1n) is 5.15. The fourth-order valence-corrected chi connectivity index (χ4v) is 1.14. The lowest BCUT2D eigenvalue weighted by atomic mass is 10.1. The minimum atomic E-state index is -0.0909. The third-order valence-electron chi connectivity index (χ3n) is 1.98. The summed E-state index contributed by atoms with van der Waals surface area (Å²) in [6.07, 6.45) is 2.32. The van der Waals surface area contributed by atoms with Gasteiger partial charge in [0.1, 0.15) is 12.4 Å². The minimum absolute atomic E-state index is 0.0909. The molecule has 0 saturated heterocycles. The van der Waals surface area contributed by atoms with Crippen LogP contribution in [0, 0.1) is 17.8 Å². The first kappa shape index (κ1) is 13.0. The zero-order chi connectivity index (χ0) is 12.5. The molecular weight excluding hydrogens is 218 g/mol. The number of nitrogens with two attached hydrogens (primary N) is 1. The Labute approximate surface area is 100 Å². The van der Waals surface area contributed by atoms with Crippen molar-refractivity contribution >= 4 is 5.84 Å². The highest BCUT2D eigenvalue weighted by Crippen LogP contribution is 2.05. The predicted molar refractivity (Wildman–Crippen MR) is 63.8 cm³/mol. The van der Waals surface area contributed by atoms with Gasteiger partial charge in [0, 0.05) is 6.42 Å². The number of nitrogens with zero attached hydrogens (tertiary/aromatic N) is 2. The largest absolute Gasteiger partial charge is 0.393 e. The summed E-state index contributed by atoms with van der Waals surface area (Å²) in [5, 5.41) is 20.7. The van der Waals surface area contributed by atoms with Crippen molar-refractivity contribution in [3.05, 3.63) is 41.8 Å². The van der Waals surface area contributed by atoms with Crippen molar-refractivity contribution in [3.8, 4) is 6.07 Å². The number of aliphatic hydroxyl groups is 1. The summed E-state index contributed by atoms with van der Waals surface area (Å²) in [5.74, 6) is 0.266. The molecule has 1 radical (unpaired) electrons. The van der Waals surface area contributed by atoms with Crippen LogP contribution in [0.1, 0.15) is 11.1 Å². The maximum Gasteiger partial charge on any atom is 0.143 e. The monoisotopic (exact) mass is 232 g/mol. The van der Waals surface area contributed by atoms with Crippen LogP contribution in [0.2, 0.25) is 0 Å². The number of hydrogen-bond acceptors (Lipinski definition) is 4. The van der Waals surface area contributed by atoms with Gasteiger partial charge in [0.05, 0.1) is 18.2 Å². The predicted octanol–water partition coefficient (Wildman–Crippen LogP) is 0.586. The molecule has 0 amide bonds. The lowest BCUT2D eigenvalue weighted by Crippen LogP contribution is -2.14. The van der Waals surface area contributed by atoms with Crippen molar-refractivity contribution in [2.24, 2.45) is 10.9 Å². The van der Waals surface area contributed by atoms with Gasteiger partial charge in [-0.05, 0) is 24.1 Å². The van der Waals surface area contributed by atoms with Gasteiger partial charge in [-0.25, -0.2) is 0 Å². The van der Waals surface area contributed by atoms with Crippen LogP contribution >= 0.6 is 0 Å². The maximum absolute atomic E-state index is 8.63. The van der Waals surface area contributed by atoms with Crippen molar-refractivity contribution in [3.63, 3.8) is 0 Å². The Bertz CT molecular complexity index is 407. The SMILES string of the molecule is N#Cc1ccc(C[CH]/C(N)=N/OCCO)cc1. The number of rotatable bonds is 6. The van der Waals surface area contributed by atoms with Gasteiger partial charge in [-0.2, -0.15) is 5.26 Å². The third kappa shape index (κ3) is 5.00. The van der Waals surface area contributed by atoms with Crippen molar-refractivity contribution in [2.45, 2.75) is 6.42 Å². The van der Waals surface area contributed by atoms with E-state index in [4.69, 9.17) is 20.9 Å². The Hall–Kier alpha value is -2.06. The summed E-state index contributed by atoms with van der Waals surface area (Å²) in [6.45, 7) is 0.0395. The van der Waals surface area contributed by atoms with Gasteiger partial charge in [-0.3, -0.25) is 0 Å². The molecule has 0 spiro atoms. The molecule has 1 aromatic carbocycles. The molecule has 0 atom stereocenters. The highest BCUT2D eigenvalue weighted by atomic mass is 16.6. The molecule has 0 saturated carbocycles. The van der Waals surface area contributed by atoms with Crippen LogP contribution in [0.15, 0.2) is 29.4 Å². The summed E-state index contributed by atoms with van der Waals surface area (Å²) < 4.78 is 0. The van der Waals surface area contributed by atoms with E-state index in [0.29, 0.717) is 12.0 Å². The molecule has 17 heavy (non-hydrogen) atoms. The molecule has 0 aliphatic carbocycles. The second-order valence-corrected chi connectivity index (χ2v) is 3.29. The average Bonchev–Trinajstić information content (AvgIpc) is 2.37. The number of hydrogen-bond donors (Lipinski definition) is 2. The molecule has 1 aromatic rings. The summed E-state index contributed by atoms with van der Waals surface area (Å²) in [5.41, 5.74) is 7.21. The van der Waals surface area contributed by atoms with E-state index in [1.165, 1.54) is 0 Å². The molecule has 1 rings (SSSR count). The van der Waals surface area contributed by atoms with E-state index >= 15 is 0 Å². The Morgan fingerprint density at radius 3 is 2.76 bits per heavy atom. The lowest BCUT2D eigenvalue weighted by molar-refractivity contribution is 0.0984. The van der Waals surface area contributed by atoms with Crippen LogP contribution in [-0.2, 0) is 11.3 Å². The van der Waals surface area contributed by atoms with Crippen LogP contribution in [0.4, 0.5) is 0 Å². The first-order chi connectivity index (χ1) is 8.26. The van der Waals surface area contributed by atoms with E-state index in [1.807, 2.05) is 12.1 Å². The van der Waals surface area contributed by atoms with E-state index in [-0.39, 0.29) is 19.0 Å². The maximum atomic E-state index is 8.63. The zero-order valence-electron chi connectivity index (χ0n) is 9.34. The number of benzene rings is 1. The summed E-state index contributed by atoms with van der Waals surface area (Å²) in [6, 6.07) is 9.26. The van der Waals surface area contributed by atoms with Gasteiger partial charge in [0.15, 0.2) is 0 Å². The van der Waals surface area contributed by atoms with Crippen LogP contribution in [0.3, 0.4) is 0 Å². The van der Waals surface area contributed by atoms with E-state index < -0.39 is 0 Å². The van der Waals surface area contributed by atoms with Crippen LogP contribution in [0.25, 0.3) is 0 Å². The summed E-state index contributed by atoms with van der Waals surface area (Å²) in [4.78, 5) is 4.71. The smallest absolute Gasteiger partial charge is 0.143 e. The van der Waals surface area contributed by atoms with Gasteiger partial charge >= 0.3 is 0 Å². The highest BCUT2D eigenvalue weighted by molar-refractivity contribution is 5.88. The fourth-order valence-electron chi connectivity index (χ4n) is 1.14. The minimum Gasteiger partial charge on any atom is -0.393 e. The molecule has 0 aromatic heterocycles. The quantitative estimate of drug-likeness (QED) is 0.325. The molecular formula is C12H14N3O2. The molecule has 5 nitrogen and oxygen atoms in total. The van der Waals surface area contributed by atoms with Gasteiger partial charge < -0.3 is 15.7 Å². The van der Waals surface area contributed by atoms with Crippen molar-refractivity contribution in [1.29, 1.82) is 5.26 Å². The van der Waals surface area contributed by atoms with E-state index in [0.717, 1.165) is 5.56 Å². The molecule has 0 unspecified atom stereocenters. The van der Waals surface area contributed by atoms with Crippen LogP contribution in [0.5, 0.6) is 0 Å². The van der Waals surface area contributed by atoms with Gasteiger partial charge in [-0.1, -0.05) is 17.3 Å². The van der Waals surface area contributed by atoms with Gasteiger partial charge in [-0.15, -0.1) is 0 Å². The lowest BCUT2D eigenvalue weighted by Gasteiger charge is -2.01. The van der Waals surface area contributed by atoms with Crippen molar-refractivity contribution in [1.82, 2.24) is 0 Å². The molecule has 89 valence electrons. The van der Waals surface area contributed by atoms with Gasteiger partial charge in [0.25, 0.3) is 0 Å². The molecule has 5 heteroatoms. The third-order valence-corrected chi connectivity index (χ3v) is 1.98. The molecule has 3 N–H and O–H groups in total. The first-order valence-corrected chi connectivity index (χ1v) is 5.15. The number of oxime groups is 1. The standard InChI is InChI=1S/C12H14N3O2/c13-9-11-3-1-10(2-4-11)5-6-12(14)15-17-8-7-16/h1-4,6,16H,5,7-8H2,(H2,14,15). The second kappa shape index (κ2) is 7.25. The Morgan fingerprint density at radius 1 is 1.47 bits per heavy atom. The van der Waals surface area contributed by atoms with Crippen LogP contribution < -0.4 is 5.73 Å². The Morgan fingerprint density at radius 2 is 2.18 bits per heavy atom. The summed E-state index contributed by atoms with van der Waals surface area (Å²) >= 11 is 0. The molecule has 0 fully saturated rings. The van der Waals surface area contributed by atoms with Gasteiger partial charge in [0.2, 0.25) is 0 Å². The highest BCUT2D eigenvalue weighted by Gasteiger charge is 1.98. The number of amidine groups is 1. The van der Waals surface area contributed by atoms with Crippen LogP contribution in [-0.4, -0.2) is 24.2 Å². The second-order valence-electron chi connectivity index (χ2n) is 3.29. The topological polar surface area (TPSA) is 91.6 Å². The van der Waals surface area contributed by atoms with E-state index in [1.54, 1.807) is 18.6 Å². The molecule has 0 aliphatic rings. The zero-order valence-corrected chi connectivity index (χ0v) is 9.34. The number of aliphatic hydroxyl groups excluding tert-OH is 1. The molecule has 0 bridgehead atoms. The van der Waals surface area contributed by atoms with Crippen molar-refractivity contribution in [2.75, 3.05) is 13.2 Å². The number of nitriles is 1. The Balaban J connectivity index is 2.39. The van der Waals surface area contributed by atoms with E-state index in [9.17, 15) is 0 Å². The fraction of sp³-hybridized carbons (Fsp3) is 0.250. The normalized spacial score (nSPS) is 10.9. The van der Waals surface area contributed by atoms with E-state index in [2.05, 4.69) is 11.2 Å². The average molecular weight is 232 g/mol. The summed E-state index contributed by atoms with van der Waals surface area (Å²) in [7, 11) is 0. The Kier molecular flexibility index (Phi) is 5.55. The van der Waals surface area contributed by atoms with Crippen molar-refractivity contribution < 1.29 is 9.94 Å². The molecule has 0 aliphatic heterocycles.